The van der Waals surface area contributed by atoms with Crippen molar-refractivity contribution in [1.29, 1.82) is 0 Å². The number of pyridine rings is 1. The number of rotatable bonds is 4. The quantitative estimate of drug-likeness (QED) is 0.848. The third kappa shape index (κ3) is 2.79. The number of aromatic nitrogens is 1. The maximum absolute atomic E-state index is 9.33. The molecule has 1 aliphatic heterocycles. The highest BCUT2D eigenvalue weighted by molar-refractivity contribution is 7.80. The van der Waals surface area contributed by atoms with Gasteiger partial charge < -0.3 is 15.3 Å². The normalized spacial score (nSPS) is 21.6. The van der Waals surface area contributed by atoms with Gasteiger partial charge in [-0.1, -0.05) is 6.07 Å². The van der Waals surface area contributed by atoms with E-state index in [9.17, 15) is 5.11 Å². The third-order valence-electron chi connectivity index (χ3n) is 3.59. The van der Waals surface area contributed by atoms with Crippen molar-refractivity contribution < 1.29 is 5.11 Å². The Bertz CT molecular complexity index is 629. The molecule has 2 aromatic heterocycles. The van der Waals surface area contributed by atoms with E-state index in [2.05, 4.69) is 34.3 Å². The van der Waals surface area contributed by atoms with Gasteiger partial charge in [0.15, 0.2) is 5.11 Å². The number of aliphatic hydroxyl groups is 1. The lowest BCUT2D eigenvalue weighted by molar-refractivity contribution is 0.224. The fourth-order valence-corrected chi connectivity index (χ4v) is 4.04. The predicted octanol–water partition coefficient (Wildman–Crippen LogP) is 2.42. The van der Waals surface area contributed by atoms with Crippen molar-refractivity contribution in [2.45, 2.75) is 19.0 Å². The van der Waals surface area contributed by atoms with Gasteiger partial charge in [-0.25, -0.2) is 0 Å². The molecule has 0 amide bonds. The molecule has 1 fully saturated rings. The SMILES string of the molecule is Cc1ccc([C@H]2[C@H](c3ccccn3)NC(=S)N2CCO)s1. The Morgan fingerprint density at radius 1 is 1.38 bits per heavy atom. The molecule has 0 radical (unpaired) electrons. The smallest absolute Gasteiger partial charge is 0.170 e. The minimum absolute atomic E-state index is 0.0169. The van der Waals surface area contributed by atoms with Crippen LogP contribution in [0.4, 0.5) is 0 Å². The summed E-state index contributed by atoms with van der Waals surface area (Å²) in [7, 11) is 0. The van der Waals surface area contributed by atoms with E-state index in [0.717, 1.165) is 5.69 Å². The fourth-order valence-electron chi connectivity index (χ4n) is 2.68. The number of thiocarbonyl (C=S) groups is 1. The zero-order chi connectivity index (χ0) is 14.8. The van der Waals surface area contributed by atoms with E-state index in [0.29, 0.717) is 11.7 Å². The zero-order valence-corrected chi connectivity index (χ0v) is 13.3. The summed E-state index contributed by atoms with van der Waals surface area (Å²) in [6.07, 6.45) is 1.80. The first-order chi connectivity index (χ1) is 10.2. The summed E-state index contributed by atoms with van der Waals surface area (Å²) >= 11 is 7.21. The van der Waals surface area contributed by atoms with Crippen molar-refractivity contribution in [2.75, 3.05) is 13.2 Å². The molecule has 0 saturated carbocycles. The zero-order valence-electron chi connectivity index (χ0n) is 11.7. The summed E-state index contributed by atoms with van der Waals surface area (Å²) in [6, 6.07) is 10.3. The Labute approximate surface area is 133 Å². The Balaban J connectivity index is 2.00. The predicted molar refractivity (Wildman–Crippen MR) is 88.3 cm³/mol. The van der Waals surface area contributed by atoms with Crippen molar-refractivity contribution in [3.8, 4) is 0 Å². The fraction of sp³-hybridized carbons (Fsp3) is 0.333. The summed E-state index contributed by atoms with van der Waals surface area (Å²) in [6.45, 7) is 2.70. The number of nitrogens with zero attached hydrogens (tertiary/aromatic N) is 2. The molecule has 2 atom stereocenters. The molecular formula is C15H17N3OS2. The molecule has 4 nitrogen and oxygen atoms in total. The van der Waals surface area contributed by atoms with Crippen LogP contribution in [0.15, 0.2) is 36.5 Å². The van der Waals surface area contributed by atoms with Crippen LogP contribution in [0.1, 0.15) is 27.5 Å². The van der Waals surface area contributed by atoms with Gasteiger partial charge in [-0.15, -0.1) is 11.3 Å². The number of nitrogens with one attached hydrogen (secondary N) is 1. The Kier molecular flexibility index (Phi) is 4.19. The van der Waals surface area contributed by atoms with E-state index in [-0.39, 0.29) is 18.7 Å². The number of thiophene rings is 1. The minimum Gasteiger partial charge on any atom is -0.395 e. The van der Waals surface area contributed by atoms with Gasteiger partial charge in [0.1, 0.15) is 0 Å². The van der Waals surface area contributed by atoms with E-state index >= 15 is 0 Å². The molecule has 1 saturated heterocycles. The van der Waals surface area contributed by atoms with Gasteiger partial charge in [0.05, 0.1) is 24.4 Å². The highest BCUT2D eigenvalue weighted by atomic mass is 32.1. The lowest BCUT2D eigenvalue weighted by Crippen LogP contribution is -2.31. The van der Waals surface area contributed by atoms with E-state index in [4.69, 9.17) is 12.2 Å². The number of aliphatic hydroxyl groups excluding tert-OH is 1. The largest absolute Gasteiger partial charge is 0.395 e. The Morgan fingerprint density at radius 3 is 2.86 bits per heavy atom. The standard InChI is InChI=1S/C15H17N3OS2/c1-10-5-6-12(21-10)14-13(11-4-2-3-7-16-11)17-15(20)18(14)8-9-19/h2-7,13-14,19H,8-9H2,1H3,(H,17,20)/t13-,14-/m0/s1. The molecule has 0 bridgehead atoms. The van der Waals surface area contributed by atoms with Crippen LogP contribution in [0.5, 0.6) is 0 Å². The van der Waals surface area contributed by atoms with Crippen LogP contribution in [0.3, 0.4) is 0 Å². The molecular weight excluding hydrogens is 302 g/mol. The lowest BCUT2D eigenvalue weighted by atomic mass is 10.0. The van der Waals surface area contributed by atoms with E-state index in [1.54, 1.807) is 17.5 Å². The van der Waals surface area contributed by atoms with E-state index in [1.165, 1.54) is 9.75 Å². The van der Waals surface area contributed by atoms with E-state index < -0.39 is 0 Å². The van der Waals surface area contributed by atoms with E-state index in [1.807, 2.05) is 18.2 Å². The van der Waals surface area contributed by atoms with Gasteiger partial charge in [-0.3, -0.25) is 4.98 Å². The van der Waals surface area contributed by atoms with Crippen LogP contribution in [-0.4, -0.2) is 33.3 Å². The second-order valence-corrected chi connectivity index (χ2v) is 6.70. The number of β-amino-alcohol motifs (C(OH)–C–C–N with tert-alkyl or cyclic N) is 1. The van der Waals surface area contributed by atoms with Gasteiger partial charge in [-0.2, -0.15) is 0 Å². The monoisotopic (exact) mass is 319 g/mol. The molecule has 0 unspecified atom stereocenters. The highest BCUT2D eigenvalue weighted by Crippen LogP contribution is 2.40. The van der Waals surface area contributed by atoms with Crippen molar-refractivity contribution in [2.24, 2.45) is 0 Å². The maximum atomic E-state index is 9.33. The van der Waals surface area contributed by atoms with Crippen LogP contribution in [0.2, 0.25) is 0 Å². The number of hydrogen-bond acceptors (Lipinski definition) is 4. The summed E-state index contributed by atoms with van der Waals surface area (Å²) in [5.74, 6) is 0. The van der Waals surface area contributed by atoms with Crippen molar-refractivity contribution in [3.05, 3.63) is 52.0 Å². The van der Waals surface area contributed by atoms with Crippen LogP contribution in [0, 0.1) is 6.92 Å². The van der Waals surface area contributed by atoms with Crippen LogP contribution in [0.25, 0.3) is 0 Å². The van der Waals surface area contributed by atoms with Crippen molar-refractivity contribution in [1.82, 2.24) is 15.2 Å². The van der Waals surface area contributed by atoms with Gasteiger partial charge in [0, 0.05) is 22.5 Å². The maximum Gasteiger partial charge on any atom is 0.170 e. The van der Waals surface area contributed by atoms with Crippen LogP contribution >= 0.6 is 23.6 Å². The summed E-state index contributed by atoms with van der Waals surface area (Å²) < 4.78 is 0. The molecule has 2 N–H and O–H groups in total. The molecule has 0 aromatic carbocycles. The first-order valence-electron chi connectivity index (χ1n) is 6.86. The summed E-state index contributed by atoms with van der Waals surface area (Å²) in [5, 5.41) is 13.4. The Morgan fingerprint density at radius 2 is 2.24 bits per heavy atom. The lowest BCUT2D eigenvalue weighted by Gasteiger charge is -2.26. The number of hydrogen-bond donors (Lipinski definition) is 2. The van der Waals surface area contributed by atoms with Gasteiger partial charge >= 0.3 is 0 Å². The second kappa shape index (κ2) is 6.09. The molecule has 0 spiro atoms. The second-order valence-electron chi connectivity index (χ2n) is 4.99. The topological polar surface area (TPSA) is 48.4 Å². The average molecular weight is 319 g/mol. The molecule has 1 aliphatic rings. The van der Waals surface area contributed by atoms with Crippen molar-refractivity contribution >= 4 is 28.7 Å². The van der Waals surface area contributed by atoms with Gasteiger partial charge in [-0.05, 0) is 43.4 Å². The van der Waals surface area contributed by atoms with Gasteiger partial charge in [0.2, 0.25) is 0 Å². The first kappa shape index (κ1) is 14.4. The molecule has 3 heterocycles. The molecule has 0 aliphatic carbocycles. The molecule has 110 valence electrons. The first-order valence-corrected chi connectivity index (χ1v) is 8.08. The van der Waals surface area contributed by atoms with Gasteiger partial charge in [0.25, 0.3) is 0 Å². The van der Waals surface area contributed by atoms with Crippen LogP contribution < -0.4 is 5.32 Å². The average Bonchev–Trinajstić information content (AvgIpc) is 3.05. The minimum atomic E-state index is 0.0169. The molecule has 2 aromatic rings. The third-order valence-corrected chi connectivity index (χ3v) is 5.02. The molecule has 21 heavy (non-hydrogen) atoms. The summed E-state index contributed by atoms with van der Waals surface area (Å²) in [4.78, 5) is 9.03. The van der Waals surface area contributed by atoms with Crippen molar-refractivity contribution in [3.63, 3.8) is 0 Å². The highest BCUT2D eigenvalue weighted by Gasteiger charge is 2.39. The number of aryl methyl sites for hydroxylation is 1. The Hall–Kier alpha value is -1.50. The molecule has 6 heteroatoms. The summed E-state index contributed by atoms with van der Waals surface area (Å²) in [5.41, 5.74) is 0.969. The molecule has 3 rings (SSSR count). The van der Waals surface area contributed by atoms with Crippen LogP contribution in [-0.2, 0) is 0 Å².